The third-order valence-corrected chi connectivity index (χ3v) is 5.50. The van der Waals surface area contributed by atoms with Crippen LogP contribution in [0, 0.1) is 13.8 Å². The van der Waals surface area contributed by atoms with Crippen LogP contribution in [0.5, 0.6) is 11.5 Å². The monoisotopic (exact) mass is 426 g/mol. The van der Waals surface area contributed by atoms with Crippen molar-refractivity contribution in [3.8, 4) is 11.5 Å². The van der Waals surface area contributed by atoms with Gasteiger partial charge in [-0.2, -0.15) is 0 Å². The zero-order chi connectivity index (χ0) is 21.5. The minimum atomic E-state index is -0.0813. The van der Waals surface area contributed by atoms with Crippen molar-refractivity contribution in [2.75, 3.05) is 18.2 Å². The number of nitrogens with one attached hydrogen (secondary N) is 1. The molecule has 1 amide bonds. The van der Waals surface area contributed by atoms with E-state index in [-0.39, 0.29) is 18.3 Å². The van der Waals surface area contributed by atoms with Crippen molar-refractivity contribution >= 4 is 23.4 Å². The third kappa shape index (κ3) is 5.33. The first-order chi connectivity index (χ1) is 14.5. The van der Waals surface area contributed by atoms with Crippen molar-refractivity contribution < 1.29 is 14.3 Å². The second-order valence-electron chi connectivity index (χ2n) is 6.74. The fraction of sp³-hybridized carbons (Fsp3) is 0.318. The lowest BCUT2D eigenvalue weighted by Crippen LogP contribution is -2.15. The molecule has 158 valence electrons. The zero-order valence-electron chi connectivity index (χ0n) is 17.6. The van der Waals surface area contributed by atoms with E-state index in [1.807, 2.05) is 67.8 Å². The number of hydrogen-bond donors (Lipinski definition) is 1. The zero-order valence-corrected chi connectivity index (χ0v) is 18.5. The molecule has 7 nitrogen and oxygen atoms in total. The molecule has 0 atom stereocenters. The number of carbonyl (C=O) groups excluding carboxylic acids is 1. The molecule has 8 heteroatoms. The van der Waals surface area contributed by atoms with Crippen molar-refractivity contribution in [2.24, 2.45) is 0 Å². The molecule has 1 N–H and O–H groups in total. The Kier molecular flexibility index (Phi) is 7.35. The summed E-state index contributed by atoms with van der Waals surface area (Å²) in [7, 11) is 1.62. The summed E-state index contributed by atoms with van der Waals surface area (Å²) < 4.78 is 13.2. The molecular weight excluding hydrogens is 400 g/mol. The molecule has 0 aliphatic heterocycles. The maximum absolute atomic E-state index is 12.3. The minimum Gasteiger partial charge on any atom is -0.493 e. The second kappa shape index (κ2) is 10.2. The van der Waals surface area contributed by atoms with Crippen LogP contribution in [0.15, 0.2) is 47.6 Å². The Morgan fingerprint density at radius 2 is 1.93 bits per heavy atom. The average Bonchev–Trinajstić information content (AvgIpc) is 3.14. The number of amides is 1. The van der Waals surface area contributed by atoms with Gasteiger partial charge in [0.2, 0.25) is 5.91 Å². The summed E-state index contributed by atoms with van der Waals surface area (Å²) in [6.45, 7) is 6.91. The van der Waals surface area contributed by atoms with Gasteiger partial charge in [-0.3, -0.25) is 4.79 Å². The highest BCUT2D eigenvalue weighted by Crippen LogP contribution is 2.28. The van der Waals surface area contributed by atoms with Gasteiger partial charge in [0.15, 0.2) is 22.5 Å². The predicted octanol–water partition coefficient (Wildman–Crippen LogP) is 4.23. The Balaban J connectivity index is 1.61. The number of carbonyl (C=O) groups is 1. The third-order valence-electron chi connectivity index (χ3n) is 4.54. The van der Waals surface area contributed by atoms with Crippen LogP contribution in [0.2, 0.25) is 0 Å². The molecule has 3 aromatic rings. The van der Waals surface area contributed by atoms with Crippen molar-refractivity contribution in [2.45, 2.75) is 39.1 Å². The fourth-order valence-electron chi connectivity index (χ4n) is 2.92. The van der Waals surface area contributed by atoms with Crippen LogP contribution in [0.4, 0.5) is 5.69 Å². The van der Waals surface area contributed by atoms with Crippen LogP contribution in [-0.4, -0.2) is 33.5 Å². The highest BCUT2D eigenvalue weighted by Gasteiger charge is 2.15. The first kappa shape index (κ1) is 21.7. The van der Waals surface area contributed by atoms with Crippen LogP contribution in [0.1, 0.15) is 23.9 Å². The van der Waals surface area contributed by atoms with E-state index in [0.29, 0.717) is 29.0 Å². The van der Waals surface area contributed by atoms with Crippen molar-refractivity contribution in [1.29, 1.82) is 0 Å². The van der Waals surface area contributed by atoms with Gasteiger partial charge in [-0.1, -0.05) is 36.0 Å². The summed E-state index contributed by atoms with van der Waals surface area (Å²) in [5, 5.41) is 12.1. The van der Waals surface area contributed by atoms with Crippen LogP contribution >= 0.6 is 11.8 Å². The molecular formula is C22H26N4O3S. The Bertz CT molecular complexity index is 1020. The average molecular weight is 427 g/mol. The van der Waals surface area contributed by atoms with E-state index in [1.165, 1.54) is 11.8 Å². The highest BCUT2D eigenvalue weighted by atomic mass is 32.2. The van der Waals surface area contributed by atoms with E-state index < -0.39 is 0 Å². The maximum Gasteiger partial charge on any atom is 0.234 e. The number of benzene rings is 2. The van der Waals surface area contributed by atoms with Crippen LogP contribution in [0.25, 0.3) is 0 Å². The number of nitrogens with zero attached hydrogens (tertiary/aromatic N) is 3. The minimum absolute atomic E-state index is 0.0813. The molecule has 30 heavy (non-hydrogen) atoms. The Morgan fingerprint density at radius 1 is 1.13 bits per heavy atom. The molecule has 0 saturated heterocycles. The van der Waals surface area contributed by atoms with Crippen molar-refractivity contribution in [1.82, 2.24) is 14.8 Å². The van der Waals surface area contributed by atoms with Gasteiger partial charge in [0, 0.05) is 12.2 Å². The lowest BCUT2D eigenvalue weighted by atomic mass is 10.2. The number of aromatic nitrogens is 3. The number of methoxy groups -OCH3 is 1. The van der Waals surface area contributed by atoms with E-state index >= 15 is 0 Å². The SMILES string of the molecule is CCn1c(COc2ccc(C)cc2OC)nnc1SCC(=O)Nc1ccccc1C. The van der Waals surface area contributed by atoms with Crippen molar-refractivity contribution in [3.05, 3.63) is 59.4 Å². The van der Waals surface area contributed by atoms with Gasteiger partial charge in [-0.15, -0.1) is 10.2 Å². The first-order valence-electron chi connectivity index (χ1n) is 9.69. The summed E-state index contributed by atoms with van der Waals surface area (Å²) in [5.74, 6) is 2.20. The number of thioether (sulfide) groups is 1. The molecule has 0 radical (unpaired) electrons. The van der Waals surface area contributed by atoms with E-state index in [9.17, 15) is 4.79 Å². The van der Waals surface area contributed by atoms with Crippen LogP contribution in [-0.2, 0) is 17.9 Å². The molecule has 0 saturated carbocycles. The molecule has 0 fully saturated rings. The lowest BCUT2D eigenvalue weighted by molar-refractivity contribution is -0.113. The van der Waals surface area contributed by atoms with Gasteiger partial charge in [0.25, 0.3) is 0 Å². The Labute approximate surface area is 180 Å². The molecule has 0 bridgehead atoms. The maximum atomic E-state index is 12.3. The van der Waals surface area contributed by atoms with Gasteiger partial charge in [0.1, 0.15) is 6.61 Å². The van der Waals surface area contributed by atoms with E-state index in [0.717, 1.165) is 16.8 Å². The topological polar surface area (TPSA) is 78.3 Å². The van der Waals surface area contributed by atoms with Gasteiger partial charge in [-0.05, 0) is 50.1 Å². The fourth-order valence-corrected chi connectivity index (χ4v) is 3.74. The lowest BCUT2D eigenvalue weighted by Gasteiger charge is -2.12. The molecule has 0 unspecified atom stereocenters. The molecule has 0 spiro atoms. The normalized spacial score (nSPS) is 10.7. The molecule has 1 aromatic heterocycles. The summed E-state index contributed by atoms with van der Waals surface area (Å²) in [6, 6.07) is 13.5. The number of hydrogen-bond acceptors (Lipinski definition) is 6. The molecule has 1 heterocycles. The molecule has 3 rings (SSSR count). The summed E-state index contributed by atoms with van der Waals surface area (Å²) in [5.41, 5.74) is 2.94. The van der Waals surface area contributed by atoms with Gasteiger partial charge < -0.3 is 19.4 Å². The van der Waals surface area contributed by atoms with Gasteiger partial charge in [0.05, 0.1) is 12.9 Å². The summed E-state index contributed by atoms with van der Waals surface area (Å²) in [4.78, 5) is 12.3. The first-order valence-corrected chi connectivity index (χ1v) is 10.7. The molecule has 0 aliphatic rings. The van der Waals surface area contributed by atoms with Gasteiger partial charge >= 0.3 is 0 Å². The van der Waals surface area contributed by atoms with Crippen LogP contribution in [0.3, 0.4) is 0 Å². The highest BCUT2D eigenvalue weighted by molar-refractivity contribution is 7.99. The van der Waals surface area contributed by atoms with Crippen molar-refractivity contribution in [3.63, 3.8) is 0 Å². The van der Waals surface area contributed by atoms with E-state index in [4.69, 9.17) is 9.47 Å². The predicted molar refractivity (Wildman–Crippen MR) is 118 cm³/mol. The standard InChI is InChI=1S/C22H26N4O3S/c1-5-26-20(13-29-18-11-10-15(2)12-19(18)28-4)24-25-22(26)30-14-21(27)23-17-9-7-6-8-16(17)3/h6-12H,5,13-14H2,1-4H3,(H,23,27). The van der Waals surface area contributed by atoms with Gasteiger partial charge in [-0.25, -0.2) is 0 Å². The number of para-hydroxylation sites is 1. The summed E-state index contributed by atoms with van der Waals surface area (Å²) in [6.07, 6.45) is 0. The number of aryl methyl sites for hydroxylation is 2. The molecule has 2 aromatic carbocycles. The Morgan fingerprint density at radius 3 is 2.67 bits per heavy atom. The number of rotatable bonds is 9. The Hall–Kier alpha value is -3.00. The van der Waals surface area contributed by atoms with E-state index in [1.54, 1.807) is 7.11 Å². The largest absolute Gasteiger partial charge is 0.493 e. The molecule has 0 aliphatic carbocycles. The number of anilines is 1. The van der Waals surface area contributed by atoms with E-state index in [2.05, 4.69) is 15.5 Å². The smallest absolute Gasteiger partial charge is 0.234 e. The summed E-state index contributed by atoms with van der Waals surface area (Å²) >= 11 is 1.35. The van der Waals surface area contributed by atoms with Crippen LogP contribution < -0.4 is 14.8 Å². The quantitative estimate of drug-likeness (QED) is 0.516. The number of ether oxygens (including phenoxy) is 2. The second-order valence-corrected chi connectivity index (χ2v) is 7.68.